The first-order chi connectivity index (χ1) is 14.8. The summed E-state index contributed by atoms with van der Waals surface area (Å²) in [4.78, 5) is 6.23. The molecule has 0 aliphatic rings. The van der Waals surface area contributed by atoms with Gasteiger partial charge in [-0.25, -0.2) is 0 Å². The third-order valence-corrected chi connectivity index (χ3v) is 4.86. The highest BCUT2D eigenvalue weighted by molar-refractivity contribution is 5.77. The summed E-state index contributed by atoms with van der Waals surface area (Å²) in [5.74, 6) is 1.29. The van der Waals surface area contributed by atoms with E-state index in [4.69, 9.17) is 9.72 Å². The average Bonchev–Trinajstić information content (AvgIpc) is 3.40. The van der Waals surface area contributed by atoms with Gasteiger partial charge in [0, 0.05) is 6.42 Å². The zero-order valence-corrected chi connectivity index (χ0v) is 16.5. The molecule has 0 fully saturated rings. The monoisotopic (exact) mass is 396 g/mol. The minimum absolute atomic E-state index is 0.517. The number of ether oxygens (including phenoxy) is 1. The van der Waals surface area contributed by atoms with E-state index in [0.717, 1.165) is 17.5 Å². The van der Waals surface area contributed by atoms with Crippen LogP contribution in [0, 0.1) is 0 Å². The van der Waals surface area contributed by atoms with Crippen LogP contribution in [0.5, 0.6) is 11.8 Å². The number of rotatable bonds is 6. The smallest absolute Gasteiger partial charge is 0.303 e. The van der Waals surface area contributed by atoms with Gasteiger partial charge in [0.25, 0.3) is 0 Å². The van der Waals surface area contributed by atoms with Crippen LogP contribution in [0.2, 0.25) is 0 Å². The minimum atomic E-state index is 0.517. The number of aromatic nitrogens is 6. The Morgan fingerprint density at radius 2 is 1.63 bits per heavy atom. The second kappa shape index (κ2) is 7.79. The molecule has 30 heavy (non-hydrogen) atoms. The molecular weight excluding hydrogens is 376 g/mol. The molecule has 0 amide bonds. The van der Waals surface area contributed by atoms with E-state index in [0.29, 0.717) is 29.8 Å². The van der Waals surface area contributed by atoms with Crippen molar-refractivity contribution in [1.82, 2.24) is 29.8 Å². The normalized spacial score (nSPS) is 11.1. The van der Waals surface area contributed by atoms with Gasteiger partial charge in [-0.1, -0.05) is 61.5 Å². The molecule has 0 radical (unpaired) electrons. The second-order valence-corrected chi connectivity index (χ2v) is 6.87. The first-order valence-electron chi connectivity index (χ1n) is 9.87. The third kappa shape index (κ3) is 3.41. The fourth-order valence-corrected chi connectivity index (χ4v) is 3.34. The summed E-state index contributed by atoms with van der Waals surface area (Å²) in [7, 11) is 0. The van der Waals surface area contributed by atoms with Crippen LogP contribution in [0.4, 0.5) is 0 Å². The maximum absolute atomic E-state index is 6.32. The largest absolute Gasteiger partial charge is 0.423 e. The number of tetrazole rings is 1. The Morgan fingerprint density at radius 1 is 0.867 bits per heavy atom. The lowest BCUT2D eigenvalue weighted by molar-refractivity contribution is 0.417. The lowest BCUT2D eigenvalue weighted by atomic mass is 10.2. The molecule has 0 saturated heterocycles. The molecule has 5 rings (SSSR count). The minimum Gasteiger partial charge on any atom is -0.423 e. The number of benzene rings is 3. The van der Waals surface area contributed by atoms with E-state index < -0.39 is 0 Å². The standard InChI is InChI=1S/C23H20N6O/c1-2-22-25-27-29(26-22)20-14-8-9-15-21(20)30-23-24-18-12-6-7-13-19(18)28(23)16-17-10-4-3-5-11-17/h3-15H,2,16H2,1H3. The van der Waals surface area contributed by atoms with Gasteiger partial charge in [-0.3, -0.25) is 4.57 Å². The van der Waals surface area contributed by atoms with Gasteiger partial charge in [-0.2, -0.15) is 4.98 Å². The summed E-state index contributed by atoms with van der Waals surface area (Å²) < 4.78 is 8.40. The molecule has 5 aromatic rings. The van der Waals surface area contributed by atoms with Crippen molar-refractivity contribution in [2.24, 2.45) is 0 Å². The maximum Gasteiger partial charge on any atom is 0.303 e. The van der Waals surface area contributed by atoms with Crippen molar-refractivity contribution in [3.8, 4) is 17.4 Å². The number of hydrogen-bond acceptors (Lipinski definition) is 5. The average molecular weight is 396 g/mol. The third-order valence-electron chi connectivity index (χ3n) is 4.86. The van der Waals surface area contributed by atoms with Gasteiger partial charge in [-0.15, -0.1) is 15.0 Å². The van der Waals surface area contributed by atoms with Crippen molar-refractivity contribution in [1.29, 1.82) is 0 Å². The van der Waals surface area contributed by atoms with Crippen molar-refractivity contribution in [3.63, 3.8) is 0 Å². The van der Waals surface area contributed by atoms with Gasteiger partial charge < -0.3 is 4.74 Å². The quantitative estimate of drug-likeness (QED) is 0.425. The highest BCUT2D eigenvalue weighted by Gasteiger charge is 2.16. The van der Waals surface area contributed by atoms with E-state index in [9.17, 15) is 0 Å². The van der Waals surface area contributed by atoms with E-state index in [2.05, 4.69) is 38.2 Å². The highest BCUT2D eigenvalue weighted by atomic mass is 16.5. The van der Waals surface area contributed by atoms with Crippen molar-refractivity contribution in [2.45, 2.75) is 19.9 Å². The molecule has 0 aliphatic carbocycles. The van der Waals surface area contributed by atoms with E-state index in [1.54, 1.807) is 0 Å². The molecule has 0 aliphatic heterocycles. The van der Waals surface area contributed by atoms with Crippen LogP contribution in [-0.2, 0) is 13.0 Å². The highest BCUT2D eigenvalue weighted by Crippen LogP contribution is 2.30. The summed E-state index contributed by atoms with van der Waals surface area (Å²) in [6.07, 6.45) is 0.718. The van der Waals surface area contributed by atoms with Gasteiger partial charge >= 0.3 is 6.01 Å². The molecule has 0 bridgehead atoms. The molecule has 0 saturated carbocycles. The van der Waals surface area contributed by atoms with Crippen molar-refractivity contribution in [3.05, 3.63) is 90.3 Å². The van der Waals surface area contributed by atoms with E-state index >= 15 is 0 Å². The molecule has 2 heterocycles. The molecule has 3 aromatic carbocycles. The van der Waals surface area contributed by atoms with Crippen LogP contribution in [0.3, 0.4) is 0 Å². The summed E-state index contributed by atoms with van der Waals surface area (Å²) in [5, 5.41) is 12.7. The first-order valence-corrected chi connectivity index (χ1v) is 9.87. The van der Waals surface area contributed by atoms with Crippen molar-refractivity contribution >= 4 is 11.0 Å². The van der Waals surface area contributed by atoms with Crippen LogP contribution in [0.1, 0.15) is 18.3 Å². The molecule has 0 atom stereocenters. The Balaban J connectivity index is 1.57. The zero-order valence-electron chi connectivity index (χ0n) is 16.5. The lowest BCUT2D eigenvalue weighted by Gasteiger charge is -2.12. The second-order valence-electron chi connectivity index (χ2n) is 6.87. The van der Waals surface area contributed by atoms with Crippen LogP contribution in [-0.4, -0.2) is 29.8 Å². The Labute approximate surface area is 173 Å². The molecule has 7 nitrogen and oxygen atoms in total. The van der Waals surface area contributed by atoms with E-state index in [1.807, 2.05) is 67.6 Å². The molecule has 0 spiro atoms. The van der Waals surface area contributed by atoms with Crippen LogP contribution in [0.25, 0.3) is 16.7 Å². The van der Waals surface area contributed by atoms with Crippen molar-refractivity contribution in [2.75, 3.05) is 0 Å². The molecule has 148 valence electrons. The fourth-order valence-electron chi connectivity index (χ4n) is 3.34. The van der Waals surface area contributed by atoms with E-state index in [1.165, 1.54) is 10.4 Å². The Morgan fingerprint density at radius 3 is 2.47 bits per heavy atom. The number of nitrogens with zero attached hydrogens (tertiary/aromatic N) is 6. The summed E-state index contributed by atoms with van der Waals surface area (Å²) in [5.41, 5.74) is 3.78. The van der Waals surface area contributed by atoms with Gasteiger partial charge in [0.15, 0.2) is 11.6 Å². The van der Waals surface area contributed by atoms with E-state index in [-0.39, 0.29) is 0 Å². The molecular formula is C23H20N6O. The maximum atomic E-state index is 6.32. The first kappa shape index (κ1) is 18.1. The van der Waals surface area contributed by atoms with Gasteiger partial charge in [0.05, 0.1) is 17.6 Å². The number of hydrogen-bond donors (Lipinski definition) is 0. The van der Waals surface area contributed by atoms with Crippen molar-refractivity contribution < 1.29 is 4.74 Å². The Bertz CT molecular complexity index is 1290. The number of aryl methyl sites for hydroxylation is 1. The summed E-state index contributed by atoms with van der Waals surface area (Å²) >= 11 is 0. The predicted molar refractivity (Wildman–Crippen MR) is 114 cm³/mol. The topological polar surface area (TPSA) is 70.7 Å². The summed E-state index contributed by atoms with van der Waals surface area (Å²) in [6.45, 7) is 2.65. The Kier molecular flexibility index (Phi) is 4.69. The van der Waals surface area contributed by atoms with Crippen LogP contribution < -0.4 is 4.74 Å². The fraction of sp³-hybridized carbons (Fsp3) is 0.130. The van der Waals surface area contributed by atoms with Crippen LogP contribution in [0.15, 0.2) is 78.9 Å². The number of para-hydroxylation sites is 4. The Hall–Kier alpha value is -4.00. The number of imidazole rings is 1. The SMILES string of the molecule is CCc1nnn(-c2ccccc2Oc2nc3ccccc3n2Cc2ccccc2)n1. The molecule has 2 aromatic heterocycles. The lowest BCUT2D eigenvalue weighted by Crippen LogP contribution is -2.05. The molecule has 0 unspecified atom stereocenters. The number of fused-ring (bicyclic) bond motifs is 1. The molecule has 0 N–H and O–H groups in total. The van der Waals surface area contributed by atoms with Gasteiger partial charge in [0.1, 0.15) is 5.69 Å². The zero-order chi connectivity index (χ0) is 20.3. The van der Waals surface area contributed by atoms with Crippen LogP contribution >= 0.6 is 0 Å². The van der Waals surface area contributed by atoms with Gasteiger partial charge in [-0.05, 0) is 35.0 Å². The predicted octanol–water partition coefficient (Wildman–Crippen LogP) is 4.42. The molecule has 7 heteroatoms. The van der Waals surface area contributed by atoms with Gasteiger partial charge in [0.2, 0.25) is 0 Å². The summed E-state index contributed by atoms with van der Waals surface area (Å²) in [6, 6.07) is 26.4.